The first-order valence-corrected chi connectivity index (χ1v) is 12.5. The lowest BCUT2D eigenvalue weighted by Crippen LogP contribution is -2.63. The minimum atomic E-state index is -2.35. The highest BCUT2D eigenvalue weighted by Crippen LogP contribution is 2.65. The fourth-order valence-electron chi connectivity index (χ4n) is 7.59. The molecule has 9 heteroatoms. The molecule has 3 aliphatic rings. The van der Waals surface area contributed by atoms with E-state index in [4.69, 9.17) is 14.2 Å². The van der Waals surface area contributed by atoms with Crippen LogP contribution in [0.1, 0.15) is 67.7 Å². The number of likely N-dealkylation sites (tertiary alicyclic amines) is 1. The second-order valence-corrected chi connectivity index (χ2v) is 11.6. The Morgan fingerprint density at radius 2 is 1.60 bits per heavy atom. The van der Waals surface area contributed by atoms with Crippen LogP contribution in [0, 0.1) is 28.6 Å². The number of ketones is 2. The van der Waals surface area contributed by atoms with Crippen molar-refractivity contribution < 1.29 is 37.8 Å². The van der Waals surface area contributed by atoms with Crippen molar-refractivity contribution in [3.8, 4) is 0 Å². The summed E-state index contributed by atoms with van der Waals surface area (Å²) in [5.74, 6) is -4.51. The first-order chi connectivity index (χ1) is 16.0. The maximum absolute atomic E-state index is 16.0. The highest BCUT2D eigenvalue weighted by atomic mass is 19.1. The van der Waals surface area contributed by atoms with Crippen LogP contribution < -0.4 is 0 Å². The first kappa shape index (κ1) is 27.7. The number of halogens is 1. The van der Waals surface area contributed by atoms with Gasteiger partial charge in [0.2, 0.25) is 0 Å². The minimum Gasteiger partial charge on any atom is -0.450 e. The molecule has 0 aromatic rings. The number of carbonyl (C=O) groups is 4. The maximum Gasteiger partial charge on any atom is 0.324 e. The minimum absolute atomic E-state index is 0.135. The summed E-state index contributed by atoms with van der Waals surface area (Å²) >= 11 is 0. The highest BCUT2D eigenvalue weighted by molar-refractivity contribution is 6.00. The Morgan fingerprint density at radius 3 is 2.14 bits per heavy atom. The van der Waals surface area contributed by atoms with Gasteiger partial charge in [-0.1, -0.05) is 27.7 Å². The molecule has 0 radical (unpaired) electrons. The van der Waals surface area contributed by atoms with Crippen LogP contribution in [0.25, 0.3) is 0 Å². The molecule has 35 heavy (non-hydrogen) atoms. The molecule has 3 fully saturated rings. The zero-order valence-corrected chi connectivity index (χ0v) is 22.4. The number of cyclic esters (lactones) is 1. The van der Waals surface area contributed by atoms with E-state index in [0.717, 1.165) is 0 Å². The molecule has 0 bridgehead atoms. The number of likely N-dealkylation sites (N-methyl/N-ethyl adjacent to an activating group) is 1. The van der Waals surface area contributed by atoms with Gasteiger partial charge in [0, 0.05) is 25.5 Å². The average molecular weight is 498 g/mol. The number of methoxy groups -OCH3 is 1. The van der Waals surface area contributed by atoms with Crippen molar-refractivity contribution in [3.05, 3.63) is 0 Å². The van der Waals surface area contributed by atoms with Crippen LogP contribution in [0.2, 0.25) is 0 Å². The number of ether oxygens (including phenoxy) is 3. The van der Waals surface area contributed by atoms with Crippen LogP contribution in [-0.4, -0.2) is 72.7 Å². The van der Waals surface area contributed by atoms with E-state index in [0.29, 0.717) is 6.42 Å². The standard InChI is InChI=1S/C26H40FNO7/c1-10-26-18-21(32)35-25(26,7)22(27)34-20(31)16(4)17(29)14(2)11-23(5,33-9)12-15(3)19(30)24(26,6)13-28(18)8/h14-16,18,22H,10-13H2,1-9H3/t14-,15-,16-,18+,22-,23+,24+,25-,26?/m1/s1. The molecule has 198 valence electrons. The molecule has 3 heterocycles. The Morgan fingerprint density at radius 1 is 1.03 bits per heavy atom. The third-order valence-electron chi connectivity index (χ3n) is 9.32. The molecule has 0 aliphatic carbocycles. The van der Waals surface area contributed by atoms with Crippen molar-refractivity contribution in [2.45, 2.75) is 91.3 Å². The molecule has 3 aliphatic heterocycles. The Bertz CT molecular complexity index is 925. The van der Waals surface area contributed by atoms with Crippen molar-refractivity contribution in [1.82, 2.24) is 4.90 Å². The van der Waals surface area contributed by atoms with Gasteiger partial charge in [-0.05, 0) is 47.1 Å². The molecule has 3 rings (SSSR count). The Balaban J connectivity index is 2.23. The molecule has 0 N–H and O–H groups in total. The van der Waals surface area contributed by atoms with Crippen molar-refractivity contribution in [3.63, 3.8) is 0 Å². The molecule has 9 atom stereocenters. The van der Waals surface area contributed by atoms with Crippen LogP contribution >= 0.6 is 0 Å². The SMILES string of the molecule is CCC12[C@@H]3C(=O)O[C@]1(C)[C@H](F)OC(=O)[C@H](C)C(=O)[C@H](C)C[C@](C)(OC)C[C@@H](C)C(=O)[C@]2(C)CN3C. The molecule has 0 spiro atoms. The summed E-state index contributed by atoms with van der Waals surface area (Å²) in [4.78, 5) is 55.0. The highest BCUT2D eigenvalue weighted by Gasteiger charge is 2.80. The average Bonchev–Trinajstić information content (AvgIpc) is 3.18. The lowest BCUT2D eigenvalue weighted by molar-refractivity contribution is -0.226. The van der Waals surface area contributed by atoms with Gasteiger partial charge in [0.05, 0.1) is 16.4 Å². The second kappa shape index (κ2) is 8.91. The van der Waals surface area contributed by atoms with Crippen LogP contribution in [-0.2, 0) is 33.4 Å². The van der Waals surface area contributed by atoms with Gasteiger partial charge in [-0.3, -0.25) is 24.1 Å². The molecule has 0 aromatic heterocycles. The third-order valence-corrected chi connectivity index (χ3v) is 9.32. The molecule has 0 saturated carbocycles. The number of Topliss-reactive ketones (excluding diaryl/α,β-unsaturated/α-hetero) is 2. The van der Waals surface area contributed by atoms with E-state index in [1.807, 2.05) is 13.8 Å². The summed E-state index contributed by atoms with van der Waals surface area (Å²) in [5, 5.41) is 0. The zero-order valence-electron chi connectivity index (χ0n) is 22.4. The summed E-state index contributed by atoms with van der Waals surface area (Å²) in [5.41, 5.74) is -5.21. The fraction of sp³-hybridized carbons (Fsp3) is 0.846. The maximum atomic E-state index is 16.0. The number of rotatable bonds is 2. The number of hydrogen-bond acceptors (Lipinski definition) is 8. The van der Waals surface area contributed by atoms with Gasteiger partial charge in [0.15, 0.2) is 5.60 Å². The van der Waals surface area contributed by atoms with E-state index < -0.39 is 69.9 Å². The molecule has 0 aromatic carbocycles. The molecule has 3 saturated heterocycles. The Hall–Kier alpha value is -1.87. The van der Waals surface area contributed by atoms with E-state index in [1.165, 1.54) is 21.0 Å². The molecule has 8 nitrogen and oxygen atoms in total. The summed E-state index contributed by atoms with van der Waals surface area (Å²) in [6, 6.07) is -0.878. The molecule has 0 amide bonds. The third kappa shape index (κ3) is 3.76. The van der Waals surface area contributed by atoms with Gasteiger partial charge in [-0.25, -0.2) is 0 Å². The topological polar surface area (TPSA) is 99.2 Å². The van der Waals surface area contributed by atoms with E-state index in [9.17, 15) is 19.2 Å². The lowest BCUT2D eigenvalue weighted by Gasteiger charge is -2.50. The predicted molar refractivity (Wildman–Crippen MR) is 125 cm³/mol. The van der Waals surface area contributed by atoms with Gasteiger partial charge in [0.25, 0.3) is 6.36 Å². The first-order valence-electron chi connectivity index (χ1n) is 12.5. The largest absolute Gasteiger partial charge is 0.450 e. The van der Waals surface area contributed by atoms with Gasteiger partial charge in [0.1, 0.15) is 23.5 Å². The fourth-order valence-corrected chi connectivity index (χ4v) is 7.59. The van der Waals surface area contributed by atoms with Crippen LogP contribution in [0.5, 0.6) is 0 Å². The van der Waals surface area contributed by atoms with E-state index in [1.54, 1.807) is 32.7 Å². The van der Waals surface area contributed by atoms with Crippen LogP contribution in [0.4, 0.5) is 4.39 Å². The van der Waals surface area contributed by atoms with Crippen molar-refractivity contribution in [2.24, 2.45) is 28.6 Å². The predicted octanol–water partition coefficient (Wildman–Crippen LogP) is 3.10. The number of carbonyl (C=O) groups excluding carboxylic acids is 4. The summed E-state index contributed by atoms with van der Waals surface area (Å²) < 4.78 is 32.7. The van der Waals surface area contributed by atoms with Crippen molar-refractivity contribution in [2.75, 3.05) is 20.7 Å². The van der Waals surface area contributed by atoms with Crippen molar-refractivity contribution in [1.29, 1.82) is 0 Å². The number of alkyl halides is 1. The lowest BCUT2D eigenvalue weighted by atomic mass is 9.52. The van der Waals surface area contributed by atoms with E-state index >= 15 is 4.39 Å². The zero-order chi connectivity index (χ0) is 26.7. The Labute approximate surface area is 207 Å². The van der Waals surface area contributed by atoms with Gasteiger partial charge in [-0.2, -0.15) is 4.39 Å². The number of nitrogens with zero attached hydrogens (tertiary/aromatic N) is 1. The number of hydrogen-bond donors (Lipinski definition) is 0. The van der Waals surface area contributed by atoms with Crippen LogP contribution in [0.3, 0.4) is 0 Å². The summed E-state index contributed by atoms with van der Waals surface area (Å²) in [6.45, 7) is 11.9. The summed E-state index contributed by atoms with van der Waals surface area (Å²) in [6.07, 6.45) is -1.50. The molecule has 1 unspecified atom stereocenters. The quantitative estimate of drug-likeness (QED) is 0.424. The normalized spacial score (nSPS) is 47.8. The summed E-state index contributed by atoms with van der Waals surface area (Å²) in [7, 11) is 3.26. The van der Waals surface area contributed by atoms with Crippen molar-refractivity contribution >= 4 is 23.5 Å². The monoisotopic (exact) mass is 497 g/mol. The van der Waals surface area contributed by atoms with E-state index in [2.05, 4.69) is 0 Å². The van der Waals surface area contributed by atoms with E-state index in [-0.39, 0.29) is 25.2 Å². The Kier molecular flexibility index (Phi) is 7.05. The van der Waals surface area contributed by atoms with Crippen LogP contribution in [0.15, 0.2) is 0 Å². The molecular weight excluding hydrogens is 457 g/mol. The van der Waals surface area contributed by atoms with Gasteiger partial charge < -0.3 is 14.2 Å². The number of esters is 2. The molecular formula is C26H40FNO7. The smallest absolute Gasteiger partial charge is 0.324 e. The second-order valence-electron chi connectivity index (χ2n) is 11.6. The van der Waals surface area contributed by atoms with Gasteiger partial charge in [-0.15, -0.1) is 0 Å². The van der Waals surface area contributed by atoms with Gasteiger partial charge >= 0.3 is 11.9 Å².